The van der Waals surface area contributed by atoms with Gasteiger partial charge in [-0.1, -0.05) is 78.9 Å². The lowest BCUT2D eigenvalue weighted by Crippen LogP contribution is -2.30. The maximum atomic E-state index is 13.3. The van der Waals surface area contributed by atoms with Gasteiger partial charge in [0, 0.05) is 11.3 Å². The molecule has 5 nitrogen and oxygen atoms in total. The number of benzene rings is 4. The van der Waals surface area contributed by atoms with Crippen molar-refractivity contribution in [3.8, 4) is 0 Å². The summed E-state index contributed by atoms with van der Waals surface area (Å²) in [6.07, 6.45) is 0. The largest absolute Gasteiger partial charge is 0.341 e. The summed E-state index contributed by atoms with van der Waals surface area (Å²) in [5.74, 6) is -0.353. The van der Waals surface area contributed by atoms with Crippen LogP contribution < -0.4 is 10.0 Å². The van der Waals surface area contributed by atoms with Crippen LogP contribution in [0.3, 0.4) is 0 Å². The fraction of sp³-hybridized carbons (Fsp3) is 0.107. The fourth-order valence-electron chi connectivity index (χ4n) is 3.86. The number of hydrogen-bond acceptors (Lipinski definition) is 3. The first-order valence-corrected chi connectivity index (χ1v) is 12.4. The summed E-state index contributed by atoms with van der Waals surface area (Å²) in [6.45, 7) is 3.71. The van der Waals surface area contributed by atoms with Crippen molar-refractivity contribution in [1.29, 1.82) is 0 Å². The number of para-hydroxylation sites is 1. The number of amides is 1. The molecule has 0 radical (unpaired) electrons. The van der Waals surface area contributed by atoms with E-state index in [1.807, 2.05) is 67.6 Å². The Hall–Kier alpha value is -3.90. The highest BCUT2D eigenvalue weighted by Gasteiger charge is 2.22. The zero-order chi connectivity index (χ0) is 24.1. The van der Waals surface area contributed by atoms with Gasteiger partial charge in [-0.25, -0.2) is 8.42 Å². The molecule has 0 aromatic heterocycles. The van der Waals surface area contributed by atoms with Crippen LogP contribution in [0.1, 0.15) is 38.7 Å². The van der Waals surface area contributed by atoms with Gasteiger partial charge in [0.25, 0.3) is 15.9 Å². The summed E-state index contributed by atoms with van der Waals surface area (Å²) in [4.78, 5) is 13.4. The maximum Gasteiger partial charge on any atom is 0.262 e. The van der Waals surface area contributed by atoms with E-state index in [4.69, 9.17) is 0 Å². The summed E-state index contributed by atoms with van der Waals surface area (Å²) < 4.78 is 28.7. The summed E-state index contributed by atoms with van der Waals surface area (Å²) in [5.41, 5.74) is 4.26. The molecule has 0 unspecified atom stereocenters. The molecule has 0 saturated carbocycles. The molecule has 2 N–H and O–H groups in total. The maximum absolute atomic E-state index is 13.3. The molecule has 0 aliphatic carbocycles. The molecule has 172 valence electrons. The second-order valence-corrected chi connectivity index (χ2v) is 9.78. The van der Waals surface area contributed by atoms with Crippen molar-refractivity contribution in [3.63, 3.8) is 0 Å². The Morgan fingerprint density at radius 1 is 0.735 bits per heavy atom. The molecule has 0 fully saturated rings. The van der Waals surface area contributed by atoms with Gasteiger partial charge in [-0.3, -0.25) is 9.52 Å². The number of carbonyl (C=O) groups excluding carboxylic acids is 1. The van der Waals surface area contributed by atoms with E-state index < -0.39 is 10.0 Å². The summed E-state index contributed by atoms with van der Waals surface area (Å²) in [6, 6.07) is 30.6. The first-order valence-electron chi connectivity index (χ1n) is 10.9. The minimum Gasteiger partial charge on any atom is -0.341 e. The number of carbonyl (C=O) groups is 1. The van der Waals surface area contributed by atoms with E-state index in [0.29, 0.717) is 11.3 Å². The molecule has 0 bridgehead atoms. The van der Waals surface area contributed by atoms with Crippen LogP contribution >= 0.6 is 0 Å². The number of hydrogen-bond donors (Lipinski definition) is 2. The number of aryl methyl sites for hydroxylation is 2. The Kier molecular flexibility index (Phi) is 6.80. The van der Waals surface area contributed by atoms with Crippen molar-refractivity contribution >= 4 is 21.6 Å². The first kappa shape index (κ1) is 23.3. The average molecular weight is 471 g/mol. The van der Waals surface area contributed by atoms with E-state index in [2.05, 4.69) is 10.0 Å². The third-order valence-electron chi connectivity index (χ3n) is 5.67. The van der Waals surface area contributed by atoms with Crippen molar-refractivity contribution in [2.75, 3.05) is 4.72 Å². The Labute approximate surface area is 200 Å². The molecule has 34 heavy (non-hydrogen) atoms. The van der Waals surface area contributed by atoms with Gasteiger partial charge in [0.05, 0.1) is 10.9 Å². The van der Waals surface area contributed by atoms with Crippen LogP contribution in [0.5, 0.6) is 0 Å². The zero-order valence-corrected chi connectivity index (χ0v) is 19.8. The summed E-state index contributed by atoms with van der Waals surface area (Å²) in [5, 5.41) is 3.10. The number of sulfonamides is 1. The quantitative estimate of drug-likeness (QED) is 0.368. The first-order chi connectivity index (χ1) is 16.3. The van der Waals surface area contributed by atoms with E-state index >= 15 is 0 Å². The van der Waals surface area contributed by atoms with Gasteiger partial charge in [-0.2, -0.15) is 0 Å². The van der Waals surface area contributed by atoms with Gasteiger partial charge in [0.2, 0.25) is 0 Å². The lowest BCUT2D eigenvalue weighted by molar-refractivity contribution is 0.0942. The summed E-state index contributed by atoms with van der Waals surface area (Å²) in [7, 11) is -3.87. The van der Waals surface area contributed by atoms with Gasteiger partial charge >= 0.3 is 0 Å². The number of anilines is 1. The molecule has 0 spiro atoms. The number of rotatable bonds is 7. The minimum atomic E-state index is -3.87. The van der Waals surface area contributed by atoms with Gasteiger partial charge < -0.3 is 5.32 Å². The molecule has 6 heteroatoms. The van der Waals surface area contributed by atoms with Crippen LogP contribution in [0.25, 0.3) is 0 Å². The van der Waals surface area contributed by atoms with Gasteiger partial charge in [0.15, 0.2) is 0 Å². The van der Waals surface area contributed by atoms with Crippen molar-refractivity contribution in [1.82, 2.24) is 5.32 Å². The topological polar surface area (TPSA) is 75.3 Å². The van der Waals surface area contributed by atoms with Gasteiger partial charge in [-0.05, 0) is 60.4 Å². The Balaban J connectivity index is 1.66. The predicted octanol–water partition coefficient (Wildman–Crippen LogP) is 5.62. The lowest BCUT2D eigenvalue weighted by atomic mass is 9.94. The highest BCUT2D eigenvalue weighted by molar-refractivity contribution is 7.92. The molecule has 1 amide bonds. The minimum absolute atomic E-state index is 0.0659. The van der Waals surface area contributed by atoms with Gasteiger partial charge in [-0.15, -0.1) is 0 Å². The van der Waals surface area contributed by atoms with Crippen molar-refractivity contribution < 1.29 is 13.2 Å². The van der Waals surface area contributed by atoms with Gasteiger partial charge in [0.1, 0.15) is 0 Å². The highest BCUT2D eigenvalue weighted by Crippen LogP contribution is 2.26. The smallest absolute Gasteiger partial charge is 0.262 e. The lowest BCUT2D eigenvalue weighted by Gasteiger charge is -2.22. The molecule has 0 aliphatic rings. The van der Waals surface area contributed by atoms with E-state index in [-0.39, 0.29) is 22.4 Å². The van der Waals surface area contributed by atoms with Crippen LogP contribution in [0, 0.1) is 13.8 Å². The predicted molar refractivity (Wildman–Crippen MR) is 135 cm³/mol. The number of nitrogens with one attached hydrogen (secondary N) is 2. The second kappa shape index (κ2) is 9.93. The zero-order valence-electron chi connectivity index (χ0n) is 19.0. The van der Waals surface area contributed by atoms with E-state index in [1.54, 1.807) is 43.3 Å². The van der Waals surface area contributed by atoms with Crippen LogP contribution in [0.2, 0.25) is 0 Å². The monoisotopic (exact) mass is 470 g/mol. The van der Waals surface area contributed by atoms with Crippen LogP contribution in [-0.2, 0) is 10.0 Å². The third kappa shape index (κ3) is 5.18. The Morgan fingerprint density at radius 3 is 2.03 bits per heavy atom. The second-order valence-electron chi connectivity index (χ2n) is 8.13. The van der Waals surface area contributed by atoms with Crippen LogP contribution in [0.4, 0.5) is 5.69 Å². The van der Waals surface area contributed by atoms with Crippen LogP contribution in [0.15, 0.2) is 108 Å². The van der Waals surface area contributed by atoms with Crippen molar-refractivity contribution in [2.24, 2.45) is 0 Å². The molecular formula is C28H26N2O3S. The standard InChI is InChI=1S/C28H26N2O3S/c1-20-11-9-10-16-25(20)27(22-12-5-3-6-13-22)29-28(31)23-18-17-21(2)26(19-23)34(32,33)30-24-14-7-4-8-15-24/h3-19,27,30H,1-2H3,(H,29,31)/t27-/m1/s1. The van der Waals surface area contributed by atoms with E-state index in [9.17, 15) is 13.2 Å². The van der Waals surface area contributed by atoms with Crippen molar-refractivity contribution in [3.05, 3.63) is 131 Å². The normalized spacial score (nSPS) is 12.1. The van der Waals surface area contributed by atoms with Crippen molar-refractivity contribution in [2.45, 2.75) is 24.8 Å². The third-order valence-corrected chi connectivity index (χ3v) is 7.20. The molecule has 0 aliphatic heterocycles. The molecule has 4 rings (SSSR count). The SMILES string of the molecule is Cc1ccccc1[C@H](NC(=O)c1ccc(C)c(S(=O)(=O)Nc2ccccc2)c1)c1ccccc1. The van der Waals surface area contributed by atoms with Crippen LogP contribution in [-0.4, -0.2) is 14.3 Å². The molecule has 0 saturated heterocycles. The molecule has 4 aromatic carbocycles. The highest BCUT2D eigenvalue weighted by atomic mass is 32.2. The summed E-state index contributed by atoms with van der Waals surface area (Å²) >= 11 is 0. The fourth-order valence-corrected chi connectivity index (χ4v) is 5.19. The molecule has 4 aromatic rings. The molecular weight excluding hydrogens is 444 g/mol. The Bertz CT molecular complexity index is 1400. The van der Waals surface area contributed by atoms with E-state index in [1.165, 1.54) is 6.07 Å². The molecule has 1 atom stereocenters. The average Bonchev–Trinajstić information content (AvgIpc) is 2.84. The van der Waals surface area contributed by atoms with E-state index in [0.717, 1.165) is 16.7 Å². The Morgan fingerprint density at radius 2 is 1.35 bits per heavy atom. The molecule has 0 heterocycles.